The van der Waals surface area contributed by atoms with E-state index in [1.54, 1.807) is 19.1 Å². The Morgan fingerprint density at radius 2 is 1.65 bits per heavy atom. The quantitative estimate of drug-likeness (QED) is 0.603. The summed E-state index contributed by atoms with van der Waals surface area (Å²) in [4.78, 5) is 28.8. The van der Waals surface area contributed by atoms with Crippen molar-refractivity contribution >= 4 is 22.0 Å². The molecular formula is C24H27N5O4S. The van der Waals surface area contributed by atoms with Crippen LogP contribution in [0.3, 0.4) is 0 Å². The second-order valence-electron chi connectivity index (χ2n) is 8.75. The summed E-state index contributed by atoms with van der Waals surface area (Å²) in [5.74, 6) is -0.272. The molecule has 0 unspecified atom stereocenters. The number of carbonyl (C=O) groups is 2. The number of benzene rings is 2. The maximum Gasteiger partial charge on any atom is 0.326 e. The van der Waals surface area contributed by atoms with E-state index < -0.39 is 21.6 Å². The van der Waals surface area contributed by atoms with Gasteiger partial charge in [0.2, 0.25) is 10.0 Å². The number of hydrogen-bond acceptors (Lipinski definition) is 6. The zero-order chi connectivity index (χ0) is 24.3. The summed E-state index contributed by atoms with van der Waals surface area (Å²) in [5.41, 5.74) is 0.234. The number of amides is 3. The van der Waals surface area contributed by atoms with Crippen LogP contribution in [0.4, 0.5) is 4.79 Å². The van der Waals surface area contributed by atoms with Gasteiger partial charge in [0.05, 0.1) is 17.1 Å². The minimum absolute atomic E-state index is 0.00534. The molecule has 3 amide bonds. The number of aryl methyl sites for hydroxylation is 1. The number of carbonyl (C=O) groups excluding carboxylic acids is 2. The third-order valence-electron chi connectivity index (χ3n) is 6.40. The lowest BCUT2D eigenvalue weighted by Crippen LogP contribution is -2.53. The van der Waals surface area contributed by atoms with Gasteiger partial charge in [-0.25, -0.2) is 18.1 Å². The molecule has 0 radical (unpaired) electrons. The molecule has 2 heterocycles. The summed E-state index contributed by atoms with van der Waals surface area (Å²) in [6.45, 7) is 2.99. The second kappa shape index (κ2) is 9.54. The van der Waals surface area contributed by atoms with Gasteiger partial charge in [0.15, 0.2) is 0 Å². The van der Waals surface area contributed by atoms with Gasteiger partial charge in [-0.2, -0.15) is 9.57 Å². The van der Waals surface area contributed by atoms with Crippen molar-refractivity contribution in [3.8, 4) is 6.07 Å². The maximum atomic E-state index is 13.1. The van der Waals surface area contributed by atoms with Crippen molar-refractivity contribution in [2.45, 2.75) is 30.2 Å². The van der Waals surface area contributed by atoms with Gasteiger partial charge in [-0.1, -0.05) is 42.5 Å². The predicted molar refractivity (Wildman–Crippen MR) is 125 cm³/mol. The molecule has 2 aromatic carbocycles. The highest BCUT2D eigenvalue weighted by Crippen LogP contribution is 2.25. The summed E-state index contributed by atoms with van der Waals surface area (Å²) in [6, 6.07) is 17.4. The Morgan fingerprint density at radius 1 is 1.00 bits per heavy atom. The fraction of sp³-hybridized carbons (Fsp3) is 0.375. The number of imide groups is 1. The molecule has 2 aromatic rings. The first-order valence-electron chi connectivity index (χ1n) is 11.1. The molecule has 2 fully saturated rings. The van der Waals surface area contributed by atoms with Crippen molar-refractivity contribution in [2.24, 2.45) is 0 Å². The number of piperazine rings is 1. The Bertz CT molecular complexity index is 1220. The van der Waals surface area contributed by atoms with E-state index in [9.17, 15) is 23.3 Å². The smallest absolute Gasteiger partial charge is 0.323 e. The zero-order valence-corrected chi connectivity index (χ0v) is 19.8. The van der Waals surface area contributed by atoms with Crippen LogP contribution < -0.4 is 5.32 Å². The number of nitrogens with one attached hydrogen (secondary N) is 1. The molecule has 0 bridgehead atoms. The van der Waals surface area contributed by atoms with Gasteiger partial charge in [0.1, 0.15) is 11.6 Å². The first-order chi connectivity index (χ1) is 16.2. The summed E-state index contributed by atoms with van der Waals surface area (Å²) in [7, 11) is -3.80. The summed E-state index contributed by atoms with van der Waals surface area (Å²) in [5, 5.41) is 12.1. The first kappa shape index (κ1) is 23.9. The van der Waals surface area contributed by atoms with Crippen LogP contribution in [0, 0.1) is 11.3 Å². The first-order valence-corrected chi connectivity index (χ1v) is 12.6. The average Bonchev–Trinajstić information content (AvgIpc) is 3.07. The Balaban J connectivity index is 1.36. The van der Waals surface area contributed by atoms with Crippen LogP contribution in [-0.4, -0.2) is 72.8 Å². The van der Waals surface area contributed by atoms with Gasteiger partial charge in [-0.3, -0.25) is 9.69 Å². The van der Waals surface area contributed by atoms with Crippen LogP contribution in [0.2, 0.25) is 0 Å². The lowest BCUT2D eigenvalue weighted by molar-refractivity contribution is -0.132. The number of nitriles is 1. The van der Waals surface area contributed by atoms with Crippen molar-refractivity contribution in [2.75, 3.05) is 32.8 Å². The predicted octanol–water partition coefficient (Wildman–Crippen LogP) is 1.77. The third kappa shape index (κ3) is 4.68. The fourth-order valence-electron chi connectivity index (χ4n) is 4.32. The fourth-order valence-corrected chi connectivity index (χ4v) is 5.88. The van der Waals surface area contributed by atoms with Gasteiger partial charge < -0.3 is 5.32 Å². The van der Waals surface area contributed by atoms with E-state index in [1.165, 1.54) is 21.3 Å². The Labute approximate surface area is 199 Å². The lowest BCUT2D eigenvalue weighted by atomic mass is 9.93. The molecule has 2 aliphatic rings. The molecule has 0 aromatic heterocycles. The number of rotatable bonds is 7. The molecule has 0 spiro atoms. The monoisotopic (exact) mass is 481 g/mol. The van der Waals surface area contributed by atoms with Gasteiger partial charge in [-0.05, 0) is 37.5 Å². The Hall–Kier alpha value is -3.26. The van der Waals surface area contributed by atoms with Crippen molar-refractivity contribution < 1.29 is 18.0 Å². The molecule has 9 nitrogen and oxygen atoms in total. The number of urea groups is 1. The van der Waals surface area contributed by atoms with Crippen LogP contribution in [0.25, 0.3) is 0 Å². The summed E-state index contributed by atoms with van der Waals surface area (Å²) < 4.78 is 27.4. The van der Waals surface area contributed by atoms with Crippen LogP contribution in [-0.2, 0) is 21.2 Å². The topological polar surface area (TPSA) is 114 Å². The number of hydrogen-bond donors (Lipinski definition) is 1. The molecule has 178 valence electrons. The highest BCUT2D eigenvalue weighted by atomic mass is 32.2. The van der Waals surface area contributed by atoms with E-state index in [4.69, 9.17) is 0 Å². The Morgan fingerprint density at radius 3 is 2.32 bits per heavy atom. The normalized spacial score (nSPS) is 21.9. The van der Waals surface area contributed by atoms with Crippen molar-refractivity contribution in [1.82, 2.24) is 19.4 Å². The van der Waals surface area contributed by atoms with Crippen molar-refractivity contribution in [1.29, 1.82) is 5.26 Å². The lowest BCUT2D eigenvalue weighted by Gasteiger charge is -2.35. The van der Waals surface area contributed by atoms with E-state index in [1.807, 2.05) is 41.3 Å². The zero-order valence-electron chi connectivity index (χ0n) is 19.0. The Kier molecular flexibility index (Phi) is 6.70. The maximum absolute atomic E-state index is 13.1. The minimum atomic E-state index is -3.80. The third-order valence-corrected chi connectivity index (χ3v) is 8.36. The van der Waals surface area contributed by atoms with Crippen molar-refractivity contribution in [3.63, 3.8) is 0 Å². The standard InChI is InChI=1S/C24H27N5O4S/c1-24(12-11-19-7-3-2-4-8-19)22(30)29(23(31)26-24)18-27-13-15-28(16-14-27)34(32,33)21-10-6-5-9-20(21)17-25/h2-10H,11-16,18H2,1H3,(H,26,31)/t24-/m1/s1. The largest absolute Gasteiger partial charge is 0.326 e. The second-order valence-corrected chi connectivity index (χ2v) is 10.7. The van der Waals surface area contributed by atoms with Gasteiger partial charge >= 0.3 is 6.03 Å². The number of sulfonamides is 1. The molecule has 1 atom stereocenters. The van der Waals surface area contributed by atoms with Gasteiger partial charge in [0, 0.05) is 26.2 Å². The molecule has 1 N–H and O–H groups in total. The van der Waals surface area contributed by atoms with Gasteiger partial charge in [0.25, 0.3) is 5.91 Å². The highest BCUT2D eigenvalue weighted by molar-refractivity contribution is 7.89. The van der Waals surface area contributed by atoms with Crippen LogP contribution in [0.5, 0.6) is 0 Å². The molecule has 2 aliphatic heterocycles. The molecular weight excluding hydrogens is 454 g/mol. The van der Waals surface area contributed by atoms with E-state index in [0.29, 0.717) is 25.9 Å². The molecule has 10 heteroatoms. The van der Waals surface area contributed by atoms with E-state index in [-0.39, 0.29) is 36.1 Å². The van der Waals surface area contributed by atoms with Gasteiger partial charge in [-0.15, -0.1) is 0 Å². The van der Waals surface area contributed by atoms with Crippen LogP contribution in [0.1, 0.15) is 24.5 Å². The van der Waals surface area contributed by atoms with E-state index >= 15 is 0 Å². The van der Waals surface area contributed by atoms with E-state index in [2.05, 4.69) is 5.32 Å². The SMILES string of the molecule is C[C@]1(CCc2ccccc2)NC(=O)N(CN2CCN(S(=O)(=O)c3ccccc3C#N)CC2)C1=O. The molecule has 34 heavy (non-hydrogen) atoms. The molecule has 0 saturated carbocycles. The number of nitrogens with zero attached hydrogens (tertiary/aromatic N) is 4. The van der Waals surface area contributed by atoms with Crippen LogP contribution >= 0.6 is 0 Å². The van der Waals surface area contributed by atoms with Crippen molar-refractivity contribution in [3.05, 3.63) is 65.7 Å². The molecule has 2 saturated heterocycles. The highest BCUT2D eigenvalue weighted by Gasteiger charge is 2.48. The summed E-state index contributed by atoms with van der Waals surface area (Å²) in [6.07, 6.45) is 1.15. The van der Waals surface area contributed by atoms with E-state index in [0.717, 1.165) is 5.56 Å². The average molecular weight is 482 g/mol. The van der Waals surface area contributed by atoms with Crippen LogP contribution in [0.15, 0.2) is 59.5 Å². The summed E-state index contributed by atoms with van der Waals surface area (Å²) >= 11 is 0. The molecule has 4 rings (SSSR count). The molecule has 0 aliphatic carbocycles. The minimum Gasteiger partial charge on any atom is -0.323 e.